The maximum atomic E-state index is 12.0. The van der Waals surface area contributed by atoms with Crippen LogP contribution in [0.4, 0.5) is 0 Å². The van der Waals surface area contributed by atoms with E-state index in [9.17, 15) is 9.59 Å². The summed E-state index contributed by atoms with van der Waals surface area (Å²) in [6.45, 7) is 2.42. The first kappa shape index (κ1) is 15.0. The molecule has 1 aromatic heterocycles. The Labute approximate surface area is 124 Å². The van der Waals surface area contributed by atoms with E-state index in [1.807, 2.05) is 24.3 Å². The molecule has 0 unspecified atom stereocenters. The highest BCUT2D eigenvalue weighted by molar-refractivity contribution is 5.97. The Morgan fingerprint density at radius 1 is 1.10 bits per heavy atom. The largest absolute Gasteiger partial charge is 0.467 e. The molecule has 0 fully saturated rings. The molecule has 2 rings (SSSR count). The third kappa shape index (κ3) is 4.60. The summed E-state index contributed by atoms with van der Waals surface area (Å²) in [4.78, 5) is 23.7. The molecule has 0 saturated heterocycles. The minimum atomic E-state index is -0.148. The second-order valence-corrected chi connectivity index (χ2v) is 4.83. The Hall–Kier alpha value is -2.36. The molecule has 0 aliphatic rings. The van der Waals surface area contributed by atoms with Gasteiger partial charge < -0.3 is 9.73 Å². The van der Waals surface area contributed by atoms with Crippen molar-refractivity contribution in [3.8, 4) is 0 Å². The van der Waals surface area contributed by atoms with E-state index in [0.717, 1.165) is 6.42 Å². The number of carbonyl (C=O) groups excluding carboxylic acids is 2. The molecule has 1 N–H and O–H groups in total. The molecule has 4 nitrogen and oxygen atoms in total. The number of amides is 1. The Balaban J connectivity index is 1.76. The summed E-state index contributed by atoms with van der Waals surface area (Å²) in [5, 5.41) is 2.73. The van der Waals surface area contributed by atoms with E-state index in [2.05, 4.69) is 12.2 Å². The molecule has 0 spiro atoms. The minimum Gasteiger partial charge on any atom is -0.467 e. The van der Waals surface area contributed by atoms with Crippen LogP contribution in [0.2, 0.25) is 0 Å². The van der Waals surface area contributed by atoms with Crippen molar-refractivity contribution in [1.82, 2.24) is 5.32 Å². The quantitative estimate of drug-likeness (QED) is 0.795. The Morgan fingerprint density at radius 3 is 2.48 bits per heavy atom. The topological polar surface area (TPSA) is 59.3 Å². The third-order valence-electron chi connectivity index (χ3n) is 3.30. The SMILES string of the molecule is CCc1ccc(C(=O)CCC(=O)NCc2ccco2)cc1. The molecule has 0 atom stereocenters. The van der Waals surface area contributed by atoms with Crippen molar-refractivity contribution in [2.45, 2.75) is 32.7 Å². The fourth-order valence-corrected chi connectivity index (χ4v) is 1.98. The molecule has 4 heteroatoms. The number of Topliss-reactive ketones (excluding diaryl/α,β-unsaturated/α-hetero) is 1. The summed E-state index contributed by atoms with van der Waals surface area (Å²) >= 11 is 0. The molecule has 21 heavy (non-hydrogen) atoms. The van der Waals surface area contributed by atoms with Crippen molar-refractivity contribution >= 4 is 11.7 Å². The number of carbonyl (C=O) groups is 2. The molecule has 0 bridgehead atoms. The van der Waals surface area contributed by atoms with Crippen LogP contribution < -0.4 is 5.32 Å². The van der Waals surface area contributed by atoms with Gasteiger partial charge in [-0.2, -0.15) is 0 Å². The van der Waals surface area contributed by atoms with Gasteiger partial charge in [-0.05, 0) is 24.1 Å². The van der Waals surface area contributed by atoms with E-state index in [4.69, 9.17) is 4.42 Å². The number of aryl methyl sites for hydroxylation is 1. The molecule has 1 heterocycles. The normalized spacial score (nSPS) is 10.3. The lowest BCUT2D eigenvalue weighted by Crippen LogP contribution is -2.23. The molecule has 110 valence electrons. The van der Waals surface area contributed by atoms with Gasteiger partial charge in [0.05, 0.1) is 12.8 Å². The van der Waals surface area contributed by atoms with Crippen molar-refractivity contribution in [2.75, 3.05) is 0 Å². The van der Waals surface area contributed by atoms with Crippen molar-refractivity contribution in [1.29, 1.82) is 0 Å². The number of ketones is 1. The van der Waals surface area contributed by atoms with Gasteiger partial charge >= 0.3 is 0 Å². The average Bonchev–Trinajstić information content (AvgIpc) is 3.04. The summed E-state index contributed by atoms with van der Waals surface area (Å²) in [6, 6.07) is 11.1. The molecule has 0 saturated carbocycles. The number of hydrogen-bond acceptors (Lipinski definition) is 3. The van der Waals surface area contributed by atoms with Crippen LogP contribution in [-0.4, -0.2) is 11.7 Å². The van der Waals surface area contributed by atoms with Gasteiger partial charge in [-0.25, -0.2) is 0 Å². The van der Waals surface area contributed by atoms with Crippen LogP contribution in [-0.2, 0) is 17.8 Å². The molecule has 1 amide bonds. The standard InChI is InChI=1S/C17H19NO3/c1-2-13-5-7-14(8-6-13)16(19)9-10-17(20)18-12-15-4-3-11-21-15/h3-8,11H,2,9-10,12H2,1H3,(H,18,20). The zero-order chi connectivity index (χ0) is 15.1. The third-order valence-corrected chi connectivity index (χ3v) is 3.30. The highest BCUT2D eigenvalue weighted by atomic mass is 16.3. The maximum absolute atomic E-state index is 12.0. The Kier molecular flexibility index (Phi) is 5.32. The van der Waals surface area contributed by atoms with Crippen LogP contribution >= 0.6 is 0 Å². The number of rotatable bonds is 7. The van der Waals surface area contributed by atoms with E-state index in [1.54, 1.807) is 18.4 Å². The minimum absolute atomic E-state index is 0.00852. The lowest BCUT2D eigenvalue weighted by molar-refractivity contribution is -0.121. The second kappa shape index (κ2) is 7.43. The summed E-state index contributed by atoms with van der Waals surface area (Å²) in [7, 11) is 0. The average molecular weight is 285 g/mol. The Morgan fingerprint density at radius 2 is 1.86 bits per heavy atom. The van der Waals surface area contributed by atoms with Crippen LogP contribution in [0.15, 0.2) is 47.1 Å². The van der Waals surface area contributed by atoms with Gasteiger partial charge in [-0.15, -0.1) is 0 Å². The predicted octanol–water partition coefficient (Wildman–Crippen LogP) is 3.12. The van der Waals surface area contributed by atoms with Gasteiger partial charge in [0.1, 0.15) is 5.76 Å². The first-order valence-corrected chi connectivity index (χ1v) is 7.10. The fraction of sp³-hybridized carbons (Fsp3) is 0.294. The summed E-state index contributed by atoms with van der Waals surface area (Å²) in [6.07, 6.45) is 2.92. The van der Waals surface area contributed by atoms with Gasteiger partial charge in [0.25, 0.3) is 0 Å². The summed E-state index contributed by atoms with van der Waals surface area (Å²) in [5.41, 5.74) is 1.86. The monoisotopic (exact) mass is 285 g/mol. The van der Waals surface area contributed by atoms with Crippen LogP contribution in [0.5, 0.6) is 0 Å². The summed E-state index contributed by atoms with van der Waals surface area (Å²) < 4.78 is 5.12. The second-order valence-electron chi connectivity index (χ2n) is 4.83. The van der Waals surface area contributed by atoms with Gasteiger partial charge in [-0.3, -0.25) is 9.59 Å². The van der Waals surface area contributed by atoms with Crippen LogP contribution in [0.1, 0.15) is 41.4 Å². The highest BCUT2D eigenvalue weighted by Gasteiger charge is 2.09. The van der Waals surface area contributed by atoms with E-state index < -0.39 is 0 Å². The van der Waals surface area contributed by atoms with Gasteiger partial charge in [0, 0.05) is 18.4 Å². The number of benzene rings is 1. The van der Waals surface area contributed by atoms with Crippen LogP contribution in [0, 0.1) is 0 Å². The summed E-state index contributed by atoms with van der Waals surface area (Å²) in [5.74, 6) is 0.542. The zero-order valence-corrected chi connectivity index (χ0v) is 12.1. The molecule has 0 radical (unpaired) electrons. The van der Waals surface area contributed by atoms with Crippen LogP contribution in [0.3, 0.4) is 0 Å². The zero-order valence-electron chi connectivity index (χ0n) is 12.1. The van der Waals surface area contributed by atoms with Crippen molar-refractivity contribution in [3.05, 3.63) is 59.5 Å². The molecule has 1 aromatic carbocycles. The lowest BCUT2D eigenvalue weighted by atomic mass is 10.0. The van der Waals surface area contributed by atoms with E-state index >= 15 is 0 Å². The van der Waals surface area contributed by atoms with E-state index in [-0.39, 0.29) is 24.5 Å². The predicted molar refractivity (Wildman–Crippen MR) is 79.9 cm³/mol. The van der Waals surface area contributed by atoms with E-state index in [0.29, 0.717) is 17.9 Å². The number of hydrogen-bond donors (Lipinski definition) is 1. The molecular formula is C17H19NO3. The van der Waals surface area contributed by atoms with E-state index in [1.165, 1.54) is 5.56 Å². The van der Waals surface area contributed by atoms with Crippen LogP contribution in [0.25, 0.3) is 0 Å². The first-order chi connectivity index (χ1) is 10.2. The molecule has 0 aliphatic carbocycles. The molecule has 0 aliphatic heterocycles. The molecular weight excluding hydrogens is 266 g/mol. The fourth-order valence-electron chi connectivity index (χ4n) is 1.98. The van der Waals surface area contributed by atoms with Gasteiger partial charge in [0.15, 0.2) is 5.78 Å². The first-order valence-electron chi connectivity index (χ1n) is 7.10. The lowest BCUT2D eigenvalue weighted by Gasteiger charge is -2.04. The van der Waals surface area contributed by atoms with Gasteiger partial charge in [0.2, 0.25) is 5.91 Å². The number of furan rings is 1. The smallest absolute Gasteiger partial charge is 0.220 e. The van der Waals surface area contributed by atoms with Crippen molar-refractivity contribution in [2.24, 2.45) is 0 Å². The van der Waals surface area contributed by atoms with Crippen molar-refractivity contribution in [3.63, 3.8) is 0 Å². The maximum Gasteiger partial charge on any atom is 0.220 e. The Bertz CT molecular complexity index is 585. The molecule has 2 aromatic rings. The van der Waals surface area contributed by atoms with Gasteiger partial charge in [-0.1, -0.05) is 31.2 Å². The number of nitrogens with one attached hydrogen (secondary N) is 1. The van der Waals surface area contributed by atoms with Crippen molar-refractivity contribution < 1.29 is 14.0 Å². The highest BCUT2D eigenvalue weighted by Crippen LogP contribution is 2.09.